The Labute approximate surface area is 189 Å². The van der Waals surface area contributed by atoms with Crippen LogP contribution in [0.25, 0.3) is 0 Å². The van der Waals surface area contributed by atoms with Crippen molar-refractivity contribution >= 4 is 15.9 Å². The van der Waals surface area contributed by atoms with E-state index in [9.17, 15) is 13.2 Å². The van der Waals surface area contributed by atoms with E-state index in [0.717, 1.165) is 37.5 Å². The zero-order chi connectivity index (χ0) is 22.6. The summed E-state index contributed by atoms with van der Waals surface area (Å²) < 4.78 is 34.9. The van der Waals surface area contributed by atoms with Gasteiger partial charge < -0.3 is 14.6 Å². The zero-order valence-electron chi connectivity index (χ0n) is 18.5. The van der Waals surface area contributed by atoms with Crippen molar-refractivity contribution in [1.82, 2.24) is 24.4 Å². The Bertz CT molecular complexity index is 1030. The van der Waals surface area contributed by atoms with Gasteiger partial charge in [0.2, 0.25) is 15.9 Å². The first-order chi connectivity index (χ1) is 15.5. The number of piperidine rings is 1. The number of ether oxygens (including phenoxy) is 1. The van der Waals surface area contributed by atoms with E-state index in [1.807, 2.05) is 6.92 Å². The fraction of sp³-hybridized carbons (Fsp3) is 0.591. The predicted molar refractivity (Wildman–Crippen MR) is 119 cm³/mol. The maximum absolute atomic E-state index is 12.9. The molecule has 2 aliphatic rings. The molecule has 4 rings (SSSR count). The summed E-state index contributed by atoms with van der Waals surface area (Å²) in [7, 11) is -3.58. The van der Waals surface area contributed by atoms with E-state index in [4.69, 9.17) is 4.74 Å². The maximum Gasteiger partial charge on any atom is 0.243 e. The van der Waals surface area contributed by atoms with E-state index < -0.39 is 10.0 Å². The second kappa shape index (κ2) is 9.99. The van der Waals surface area contributed by atoms with Crippen LogP contribution in [0.5, 0.6) is 5.75 Å². The molecule has 1 aromatic heterocycles. The second-order valence-electron chi connectivity index (χ2n) is 8.30. The number of amides is 1. The highest BCUT2D eigenvalue weighted by molar-refractivity contribution is 7.89. The van der Waals surface area contributed by atoms with Crippen LogP contribution in [0.1, 0.15) is 50.7 Å². The van der Waals surface area contributed by atoms with Gasteiger partial charge in [-0.05, 0) is 56.9 Å². The van der Waals surface area contributed by atoms with Crippen molar-refractivity contribution in [3.63, 3.8) is 0 Å². The molecule has 0 unspecified atom stereocenters. The Morgan fingerprint density at radius 3 is 2.56 bits per heavy atom. The third kappa shape index (κ3) is 4.96. The summed E-state index contributed by atoms with van der Waals surface area (Å²) in [6, 6.07) is 6.48. The fourth-order valence-corrected chi connectivity index (χ4v) is 5.84. The summed E-state index contributed by atoms with van der Waals surface area (Å²) in [5.74, 6) is 2.19. The number of carbonyl (C=O) groups excluding carboxylic acids is 1. The molecule has 1 saturated heterocycles. The predicted octanol–water partition coefficient (Wildman–Crippen LogP) is 2.12. The standard InChI is InChI=1S/C22H31N5O4S/c1-2-31-18-7-9-19(10-8-18)32(29,30)26-14-11-17(12-15-26)22(28)23-16-21-25-24-20-6-4-3-5-13-27(20)21/h7-10,17H,2-6,11-16H2,1H3,(H,23,28). The summed E-state index contributed by atoms with van der Waals surface area (Å²) in [5.41, 5.74) is 0. The Balaban J connectivity index is 1.30. The first-order valence-electron chi connectivity index (χ1n) is 11.4. The molecule has 9 nitrogen and oxygen atoms in total. The Morgan fingerprint density at radius 1 is 1.09 bits per heavy atom. The molecule has 0 spiro atoms. The smallest absolute Gasteiger partial charge is 0.243 e. The molecule has 174 valence electrons. The van der Waals surface area contributed by atoms with Crippen LogP contribution in [0.4, 0.5) is 0 Å². The molecule has 2 aliphatic heterocycles. The van der Waals surface area contributed by atoms with E-state index in [2.05, 4.69) is 20.1 Å². The van der Waals surface area contributed by atoms with E-state index in [0.29, 0.717) is 44.8 Å². The quantitative estimate of drug-likeness (QED) is 0.677. The minimum absolute atomic E-state index is 0.0471. The van der Waals surface area contributed by atoms with Crippen molar-refractivity contribution in [2.45, 2.75) is 63.4 Å². The number of carbonyl (C=O) groups is 1. The number of fused-ring (bicyclic) bond motifs is 1. The molecule has 0 aliphatic carbocycles. The lowest BCUT2D eigenvalue weighted by Gasteiger charge is -2.30. The van der Waals surface area contributed by atoms with Crippen LogP contribution in [0, 0.1) is 5.92 Å². The van der Waals surface area contributed by atoms with Crippen molar-refractivity contribution in [3.8, 4) is 5.75 Å². The SMILES string of the molecule is CCOc1ccc(S(=O)(=O)N2CCC(C(=O)NCc3nnc4n3CCCCC4)CC2)cc1. The van der Waals surface area contributed by atoms with Crippen molar-refractivity contribution < 1.29 is 17.9 Å². The molecule has 0 atom stereocenters. The number of hydrogen-bond acceptors (Lipinski definition) is 6. The lowest BCUT2D eigenvalue weighted by Crippen LogP contribution is -2.43. The van der Waals surface area contributed by atoms with E-state index in [1.165, 1.54) is 10.7 Å². The largest absolute Gasteiger partial charge is 0.494 e. The first kappa shape index (κ1) is 22.7. The summed E-state index contributed by atoms with van der Waals surface area (Å²) in [6.07, 6.45) is 5.35. The number of benzene rings is 1. The molecule has 3 heterocycles. The molecular formula is C22H31N5O4S. The van der Waals surface area contributed by atoms with Gasteiger partial charge in [0.15, 0.2) is 5.82 Å². The fourth-order valence-electron chi connectivity index (χ4n) is 4.37. The first-order valence-corrected chi connectivity index (χ1v) is 12.8. The average Bonchev–Trinajstić information content (AvgIpc) is 3.04. The minimum Gasteiger partial charge on any atom is -0.494 e. The van der Waals surface area contributed by atoms with Crippen LogP contribution in [0.2, 0.25) is 0 Å². The third-order valence-electron chi connectivity index (χ3n) is 6.20. The zero-order valence-corrected chi connectivity index (χ0v) is 19.3. The van der Waals surface area contributed by atoms with Crippen LogP contribution >= 0.6 is 0 Å². The van der Waals surface area contributed by atoms with Crippen molar-refractivity contribution in [2.75, 3.05) is 19.7 Å². The van der Waals surface area contributed by atoms with Gasteiger partial charge in [-0.1, -0.05) is 6.42 Å². The van der Waals surface area contributed by atoms with Crippen LogP contribution in [-0.4, -0.2) is 53.1 Å². The van der Waals surface area contributed by atoms with Gasteiger partial charge in [-0.3, -0.25) is 4.79 Å². The van der Waals surface area contributed by atoms with E-state index >= 15 is 0 Å². The third-order valence-corrected chi connectivity index (χ3v) is 8.12. The van der Waals surface area contributed by atoms with Gasteiger partial charge in [-0.2, -0.15) is 4.31 Å². The van der Waals surface area contributed by atoms with Gasteiger partial charge in [0.25, 0.3) is 0 Å². The van der Waals surface area contributed by atoms with Gasteiger partial charge in [0, 0.05) is 32.0 Å². The monoisotopic (exact) mass is 461 g/mol. The number of nitrogens with zero attached hydrogens (tertiary/aromatic N) is 4. The normalized spacial score (nSPS) is 18.0. The molecule has 0 radical (unpaired) electrons. The highest BCUT2D eigenvalue weighted by atomic mass is 32.2. The number of nitrogens with one attached hydrogen (secondary N) is 1. The van der Waals surface area contributed by atoms with Crippen LogP contribution in [0.3, 0.4) is 0 Å². The van der Waals surface area contributed by atoms with Crippen molar-refractivity contribution in [2.24, 2.45) is 5.92 Å². The maximum atomic E-state index is 12.9. The summed E-state index contributed by atoms with van der Waals surface area (Å²) in [5, 5.41) is 11.5. The summed E-state index contributed by atoms with van der Waals surface area (Å²) >= 11 is 0. The number of sulfonamides is 1. The molecule has 1 fully saturated rings. The van der Waals surface area contributed by atoms with Gasteiger partial charge in [0.1, 0.15) is 11.6 Å². The molecule has 1 amide bonds. The van der Waals surface area contributed by atoms with Gasteiger partial charge in [-0.25, -0.2) is 8.42 Å². The molecule has 1 N–H and O–H groups in total. The van der Waals surface area contributed by atoms with Gasteiger partial charge in [0.05, 0.1) is 18.0 Å². The Morgan fingerprint density at radius 2 is 1.84 bits per heavy atom. The molecule has 2 aromatic rings. The van der Waals surface area contributed by atoms with Crippen LogP contribution in [0.15, 0.2) is 29.2 Å². The van der Waals surface area contributed by atoms with Crippen LogP contribution in [-0.2, 0) is 34.3 Å². The highest BCUT2D eigenvalue weighted by Gasteiger charge is 2.32. The molecular weight excluding hydrogens is 430 g/mol. The van der Waals surface area contributed by atoms with Crippen molar-refractivity contribution in [1.29, 1.82) is 0 Å². The number of aromatic nitrogens is 3. The Hall–Kier alpha value is -2.46. The molecule has 10 heteroatoms. The lowest BCUT2D eigenvalue weighted by atomic mass is 9.97. The summed E-state index contributed by atoms with van der Waals surface area (Å²) in [4.78, 5) is 13.0. The van der Waals surface area contributed by atoms with Crippen molar-refractivity contribution in [3.05, 3.63) is 35.9 Å². The second-order valence-corrected chi connectivity index (χ2v) is 10.2. The molecule has 0 bridgehead atoms. The molecule has 1 aromatic carbocycles. The van der Waals surface area contributed by atoms with Gasteiger partial charge in [-0.15, -0.1) is 10.2 Å². The number of rotatable bonds is 7. The van der Waals surface area contributed by atoms with E-state index in [1.54, 1.807) is 24.3 Å². The molecule has 32 heavy (non-hydrogen) atoms. The Kier molecular flexibility index (Phi) is 7.10. The summed E-state index contributed by atoms with van der Waals surface area (Å²) in [6.45, 7) is 4.32. The number of aryl methyl sites for hydroxylation is 1. The minimum atomic E-state index is -3.58. The number of hydrogen-bond donors (Lipinski definition) is 1. The molecule has 0 saturated carbocycles. The average molecular weight is 462 g/mol. The van der Waals surface area contributed by atoms with Crippen LogP contribution < -0.4 is 10.1 Å². The van der Waals surface area contributed by atoms with Gasteiger partial charge >= 0.3 is 0 Å². The van der Waals surface area contributed by atoms with E-state index in [-0.39, 0.29) is 16.7 Å². The highest BCUT2D eigenvalue weighted by Crippen LogP contribution is 2.25. The topological polar surface area (TPSA) is 106 Å². The lowest BCUT2D eigenvalue weighted by molar-refractivity contribution is -0.126.